The van der Waals surface area contributed by atoms with Crippen molar-refractivity contribution in [3.05, 3.63) is 53.7 Å². The average molecular weight is 303 g/mol. The number of fused-ring (bicyclic) bond motifs is 1. The monoisotopic (exact) mass is 303 g/mol. The maximum atomic E-state index is 12.4. The van der Waals surface area contributed by atoms with Gasteiger partial charge in [0.05, 0.1) is 4.90 Å². The van der Waals surface area contributed by atoms with E-state index in [0.29, 0.717) is 5.82 Å². The summed E-state index contributed by atoms with van der Waals surface area (Å²) in [5.74, 6) is 0.535. The van der Waals surface area contributed by atoms with Gasteiger partial charge in [-0.1, -0.05) is 24.3 Å². The molecule has 0 spiro atoms. The van der Waals surface area contributed by atoms with Crippen LogP contribution in [0.15, 0.2) is 47.5 Å². The summed E-state index contributed by atoms with van der Waals surface area (Å²) in [6.07, 6.45) is 2.96. The molecule has 3 rings (SSSR count). The van der Waals surface area contributed by atoms with Crippen molar-refractivity contribution in [3.8, 4) is 0 Å². The van der Waals surface area contributed by atoms with E-state index in [1.165, 1.54) is 29.5 Å². The zero-order valence-electron chi connectivity index (χ0n) is 11.7. The molecular weight excluding hydrogens is 286 g/mol. The van der Waals surface area contributed by atoms with Crippen molar-refractivity contribution in [1.82, 2.24) is 9.71 Å². The Kier molecular flexibility index (Phi) is 3.65. The SMILES string of the molecule is CNc1cc(S(=O)(=O)NC2Cc3ccccc3C2)ccn1. The summed E-state index contributed by atoms with van der Waals surface area (Å²) in [6, 6.07) is 11.0. The van der Waals surface area contributed by atoms with Crippen LogP contribution in [0.3, 0.4) is 0 Å². The number of aromatic nitrogens is 1. The molecule has 0 aliphatic heterocycles. The molecule has 21 heavy (non-hydrogen) atoms. The van der Waals surface area contributed by atoms with Gasteiger partial charge in [-0.3, -0.25) is 0 Å². The second-order valence-electron chi connectivity index (χ2n) is 5.12. The van der Waals surface area contributed by atoms with Gasteiger partial charge in [-0.05, 0) is 30.0 Å². The molecule has 0 radical (unpaired) electrons. The number of pyridine rings is 1. The van der Waals surface area contributed by atoms with E-state index in [1.807, 2.05) is 12.1 Å². The maximum Gasteiger partial charge on any atom is 0.241 e. The number of hydrogen-bond acceptors (Lipinski definition) is 4. The van der Waals surface area contributed by atoms with E-state index in [-0.39, 0.29) is 10.9 Å². The first-order chi connectivity index (χ1) is 10.1. The Morgan fingerprint density at radius 3 is 2.43 bits per heavy atom. The first-order valence-electron chi connectivity index (χ1n) is 6.81. The third kappa shape index (κ3) is 2.91. The third-order valence-corrected chi connectivity index (χ3v) is 5.19. The molecule has 1 aromatic heterocycles. The number of hydrogen-bond donors (Lipinski definition) is 2. The van der Waals surface area contributed by atoms with E-state index >= 15 is 0 Å². The lowest BCUT2D eigenvalue weighted by molar-refractivity contribution is 0.555. The Hall–Kier alpha value is -1.92. The highest BCUT2D eigenvalue weighted by atomic mass is 32.2. The van der Waals surface area contributed by atoms with Crippen molar-refractivity contribution >= 4 is 15.8 Å². The summed E-state index contributed by atoms with van der Waals surface area (Å²) in [5.41, 5.74) is 2.44. The molecule has 1 aliphatic rings. The Morgan fingerprint density at radius 1 is 1.14 bits per heavy atom. The fourth-order valence-corrected chi connectivity index (χ4v) is 3.89. The summed E-state index contributed by atoms with van der Waals surface area (Å²) in [5, 5.41) is 2.84. The van der Waals surface area contributed by atoms with Crippen LogP contribution in [0.1, 0.15) is 11.1 Å². The lowest BCUT2D eigenvalue weighted by Gasteiger charge is -2.13. The van der Waals surface area contributed by atoms with E-state index in [9.17, 15) is 8.42 Å². The van der Waals surface area contributed by atoms with Crippen molar-refractivity contribution in [3.63, 3.8) is 0 Å². The molecule has 0 amide bonds. The van der Waals surface area contributed by atoms with Gasteiger partial charge < -0.3 is 5.32 Å². The van der Waals surface area contributed by atoms with Crippen LogP contribution in [-0.2, 0) is 22.9 Å². The quantitative estimate of drug-likeness (QED) is 0.899. The molecule has 0 atom stereocenters. The number of benzene rings is 1. The summed E-state index contributed by atoms with van der Waals surface area (Å²) >= 11 is 0. The zero-order chi connectivity index (χ0) is 14.9. The van der Waals surface area contributed by atoms with Crippen molar-refractivity contribution < 1.29 is 8.42 Å². The Labute approximate surface area is 124 Å². The molecule has 0 saturated carbocycles. The van der Waals surface area contributed by atoms with Crippen LogP contribution in [0.25, 0.3) is 0 Å². The lowest BCUT2D eigenvalue weighted by atomic mass is 10.1. The minimum Gasteiger partial charge on any atom is -0.373 e. The number of anilines is 1. The standard InChI is InChI=1S/C15H17N3O2S/c1-16-15-10-14(6-7-17-15)21(19,20)18-13-8-11-4-2-3-5-12(11)9-13/h2-7,10,13,18H,8-9H2,1H3,(H,16,17). The highest BCUT2D eigenvalue weighted by Crippen LogP contribution is 2.23. The van der Waals surface area contributed by atoms with E-state index < -0.39 is 10.0 Å². The van der Waals surface area contributed by atoms with Crippen LogP contribution in [0.2, 0.25) is 0 Å². The minimum atomic E-state index is -3.52. The van der Waals surface area contributed by atoms with Crippen LogP contribution in [0.5, 0.6) is 0 Å². The highest BCUT2D eigenvalue weighted by molar-refractivity contribution is 7.89. The van der Waals surface area contributed by atoms with Gasteiger partial charge in [0.25, 0.3) is 0 Å². The van der Waals surface area contributed by atoms with Crippen LogP contribution in [0, 0.1) is 0 Å². The second kappa shape index (κ2) is 5.46. The van der Waals surface area contributed by atoms with Crippen molar-refractivity contribution in [2.24, 2.45) is 0 Å². The van der Waals surface area contributed by atoms with Crippen LogP contribution >= 0.6 is 0 Å². The molecule has 2 aromatic rings. The molecule has 110 valence electrons. The molecule has 1 aliphatic carbocycles. The molecule has 0 bridgehead atoms. The van der Waals surface area contributed by atoms with Gasteiger partial charge in [0.1, 0.15) is 5.82 Å². The van der Waals surface area contributed by atoms with Gasteiger partial charge in [-0.25, -0.2) is 18.1 Å². The summed E-state index contributed by atoms with van der Waals surface area (Å²) in [7, 11) is -1.82. The summed E-state index contributed by atoms with van der Waals surface area (Å²) in [6.45, 7) is 0. The van der Waals surface area contributed by atoms with Crippen molar-refractivity contribution in [2.45, 2.75) is 23.8 Å². The second-order valence-corrected chi connectivity index (χ2v) is 6.84. The van der Waals surface area contributed by atoms with Crippen molar-refractivity contribution in [1.29, 1.82) is 0 Å². The van der Waals surface area contributed by atoms with E-state index in [4.69, 9.17) is 0 Å². The van der Waals surface area contributed by atoms with Gasteiger partial charge in [-0.2, -0.15) is 0 Å². The fourth-order valence-electron chi connectivity index (χ4n) is 2.64. The van der Waals surface area contributed by atoms with E-state index in [1.54, 1.807) is 7.05 Å². The third-order valence-electron chi connectivity index (χ3n) is 3.67. The topological polar surface area (TPSA) is 71.1 Å². The molecular formula is C15H17N3O2S. The number of nitrogens with zero attached hydrogens (tertiary/aromatic N) is 1. The molecule has 0 unspecified atom stereocenters. The van der Waals surface area contributed by atoms with Crippen LogP contribution in [-0.4, -0.2) is 26.5 Å². The summed E-state index contributed by atoms with van der Waals surface area (Å²) < 4.78 is 27.7. The Bertz CT molecular complexity index is 734. The number of rotatable bonds is 4. The van der Waals surface area contributed by atoms with E-state index in [2.05, 4.69) is 27.2 Å². The minimum absolute atomic E-state index is 0.0846. The molecule has 0 fully saturated rings. The molecule has 1 aromatic carbocycles. The highest BCUT2D eigenvalue weighted by Gasteiger charge is 2.26. The van der Waals surface area contributed by atoms with Crippen molar-refractivity contribution in [2.75, 3.05) is 12.4 Å². The van der Waals surface area contributed by atoms with Gasteiger partial charge in [-0.15, -0.1) is 0 Å². The number of sulfonamides is 1. The predicted molar refractivity (Wildman–Crippen MR) is 81.7 cm³/mol. The van der Waals surface area contributed by atoms with Gasteiger partial charge in [0.15, 0.2) is 0 Å². The van der Waals surface area contributed by atoms with Crippen LogP contribution in [0.4, 0.5) is 5.82 Å². The predicted octanol–water partition coefficient (Wildman–Crippen LogP) is 1.57. The Balaban J connectivity index is 1.78. The fraction of sp³-hybridized carbons (Fsp3) is 0.267. The van der Waals surface area contributed by atoms with Gasteiger partial charge in [0, 0.05) is 25.4 Å². The first-order valence-corrected chi connectivity index (χ1v) is 8.30. The van der Waals surface area contributed by atoms with E-state index in [0.717, 1.165) is 12.8 Å². The number of nitrogens with one attached hydrogen (secondary N) is 2. The van der Waals surface area contributed by atoms with Crippen LogP contribution < -0.4 is 10.0 Å². The lowest BCUT2D eigenvalue weighted by Crippen LogP contribution is -2.35. The zero-order valence-corrected chi connectivity index (χ0v) is 12.5. The molecule has 5 nitrogen and oxygen atoms in total. The molecule has 6 heteroatoms. The smallest absolute Gasteiger partial charge is 0.241 e. The van der Waals surface area contributed by atoms with Gasteiger partial charge >= 0.3 is 0 Å². The maximum absolute atomic E-state index is 12.4. The van der Waals surface area contributed by atoms with Gasteiger partial charge in [0.2, 0.25) is 10.0 Å². The Morgan fingerprint density at radius 2 is 1.81 bits per heavy atom. The average Bonchev–Trinajstić information content (AvgIpc) is 2.88. The normalized spacial score (nSPS) is 14.9. The first kappa shape index (κ1) is 14.0. The molecule has 0 saturated heterocycles. The largest absolute Gasteiger partial charge is 0.373 e. The molecule has 2 N–H and O–H groups in total. The summed E-state index contributed by atoms with van der Waals surface area (Å²) in [4.78, 5) is 4.27. The molecule has 1 heterocycles.